The van der Waals surface area contributed by atoms with Crippen LogP contribution < -0.4 is 0 Å². The summed E-state index contributed by atoms with van der Waals surface area (Å²) in [5.74, 6) is 1.27. The first kappa shape index (κ1) is 27.2. The Balaban J connectivity index is -0.000000902. The van der Waals surface area contributed by atoms with Crippen LogP contribution >= 0.6 is 0 Å². The molecule has 0 spiro atoms. The Morgan fingerprint density at radius 2 is 1.55 bits per heavy atom. The van der Waals surface area contributed by atoms with Gasteiger partial charge in [-0.1, -0.05) is 58.2 Å². The maximum Gasteiger partial charge on any atom is 4.00 e. The van der Waals surface area contributed by atoms with Crippen molar-refractivity contribution in [1.82, 2.24) is 0 Å². The van der Waals surface area contributed by atoms with Crippen molar-refractivity contribution in [3.8, 4) is 0 Å². The van der Waals surface area contributed by atoms with Crippen molar-refractivity contribution in [1.29, 1.82) is 0 Å². The topological polar surface area (TPSA) is 23.3 Å². The predicted octanol–water partition coefficient (Wildman–Crippen LogP) is 5.75. The molecule has 3 atom stereocenters. The summed E-state index contributed by atoms with van der Waals surface area (Å²) in [7, 11) is -1.91. The molecule has 2 aliphatic rings. The van der Waals surface area contributed by atoms with E-state index >= 15 is 0 Å². The van der Waals surface area contributed by atoms with Crippen molar-refractivity contribution >= 4 is 8.48 Å². The van der Waals surface area contributed by atoms with Crippen molar-refractivity contribution in [2.75, 3.05) is 0 Å². The largest absolute Gasteiger partial charge is 4.00 e. The molecule has 126 valence electrons. The molecule has 0 aromatic rings. The molecule has 1 fully saturated rings. The standard InChI is InChI=1S/C15H26NOSi.3CH3.Ti/c1-15(2,3)16-18(4,5)17-14-11-10-12-8-6-7-9-13(12)14;;;;/h6-9,12-14H,10-11H2,1-5H3;3*1H3;/q4*-1;+4/t12?,13?,14-;;;;/m1..../s1. The molecule has 2 unspecified atom stereocenters. The van der Waals surface area contributed by atoms with Gasteiger partial charge in [-0.25, -0.2) is 0 Å². The van der Waals surface area contributed by atoms with Crippen LogP contribution in [-0.4, -0.2) is 20.1 Å². The van der Waals surface area contributed by atoms with E-state index < -0.39 is 8.48 Å². The number of allylic oxidation sites excluding steroid dienone is 3. The van der Waals surface area contributed by atoms with Gasteiger partial charge in [0.05, 0.1) is 8.48 Å². The summed E-state index contributed by atoms with van der Waals surface area (Å²) in [4.78, 5) is 4.92. The van der Waals surface area contributed by atoms with Crippen LogP contribution in [-0.2, 0) is 26.1 Å². The molecule has 0 saturated heterocycles. The molecular formula is C18H35NOSiTi. The normalized spacial score (nSPS) is 26.0. The smallest absolute Gasteiger partial charge is 0.637 e. The van der Waals surface area contributed by atoms with Crippen LogP contribution in [0.2, 0.25) is 13.1 Å². The number of nitrogens with zero attached hydrogens (tertiary/aromatic N) is 1. The predicted molar refractivity (Wildman–Crippen MR) is 99.2 cm³/mol. The van der Waals surface area contributed by atoms with Crippen LogP contribution in [0.4, 0.5) is 0 Å². The fraction of sp³-hybridized carbons (Fsp3) is 0.611. The maximum absolute atomic E-state index is 6.43. The second-order valence-corrected chi connectivity index (χ2v) is 10.3. The van der Waals surface area contributed by atoms with Crippen LogP contribution in [0.5, 0.6) is 0 Å². The van der Waals surface area contributed by atoms with Gasteiger partial charge in [-0.15, -0.1) is 5.54 Å². The van der Waals surface area contributed by atoms with E-state index in [2.05, 4.69) is 58.2 Å². The summed E-state index contributed by atoms with van der Waals surface area (Å²) in [6.45, 7) is 10.9. The quantitative estimate of drug-likeness (QED) is 0.466. The van der Waals surface area contributed by atoms with E-state index in [9.17, 15) is 0 Å². The third kappa shape index (κ3) is 7.74. The summed E-state index contributed by atoms with van der Waals surface area (Å²) >= 11 is 0. The van der Waals surface area contributed by atoms with Crippen molar-refractivity contribution in [3.05, 3.63) is 51.6 Å². The zero-order chi connectivity index (χ0) is 13.4. The Bertz CT molecular complexity index is 361. The summed E-state index contributed by atoms with van der Waals surface area (Å²) in [5, 5.41) is 0. The molecule has 2 aliphatic carbocycles. The Labute approximate surface area is 156 Å². The van der Waals surface area contributed by atoms with Gasteiger partial charge in [0.25, 0.3) is 0 Å². The number of hydrogen-bond donors (Lipinski definition) is 0. The molecule has 1 saturated carbocycles. The first-order valence-corrected chi connectivity index (χ1v) is 9.89. The first-order valence-electron chi connectivity index (χ1n) is 7.04. The number of rotatable bonds is 3. The van der Waals surface area contributed by atoms with Gasteiger partial charge in [0.1, 0.15) is 0 Å². The van der Waals surface area contributed by atoms with Crippen molar-refractivity contribution in [3.63, 3.8) is 0 Å². The van der Waals surface area contributed by atoms with Gasteiger partial charge >= 0.3 is 21.7 Å². The fourth-order valence-electron chi connectivity index (χ4n) is 3.25. The first-order chi connectivity index (χ1) is 8.27. The average molecular weight is 357 g/mol. The molecule has 2 nitrogen and oxygen atoms in total. The molecule has 0 aromatic carbocycles. The minimum Gasteiger partial charge on any atom is -0.637 e. The Morgan fingerprint density at radius 1 is 1.00 bits per heavy atom. The van der Waals surface area contributed by atoms with E-state index in [0.717, 1.165) is 0 Å². The van der Waals surface area contributed by atoms with Crippen LogP contribution in [0.3, 0.4) is 0 Å². The molecule has 0 radical (unpaired) electrons. The Morgan fingerprint density at radius 3 is 2.09 bits per heavy atom. The van der Waals surface area contributed by atoms with Crippen LogP contribution in [0.25, 0.3) is 4.98 Å². The van der Waals surface area contributed by atoms with Crippen molar-refractivity contribution in [2.24, 2.45) is 11.8 Å². The second-order valence-electron chi connectivity index (χ2n) is 6.97. The average Bonchev–Trinajstić information content (AvgIpc) is 2.57. The number of hydrogen-bond acceptors (Lipinski definition) is 1. The molecule has 4 heteroatoms. The Hall–Kier alpha value is 0.331. The van der Waals surface area contributed by atoms with Gasteiger partial charge in [0.2, 0.25) is 0 Å². The zero-order valence-electron chi connectivity index (χ0n) is 15.8. The van der Waals surface area contributed by atoms with Gasteiger partial charge in [-0.05, 0) is 18.8 Å². The molecule has 0 aliphatic heterocycles. The second kappa shape index (κ2) is 10.2. The summed E-state index contributed by atoms with van der Waals surface area (Å²) in [5.41, 5.74) is 0.00996. The van der Waals surface area contributed by atoms with E-state index in [-0.39, 0.29) is 49.5 Å². The summed E-state index contributed by atoms with van der Waals surface area (Å²) < 4.78 is 6.43. The third-order valence-corrected chi connectivity index (χ3v) is 5.64. The van der Waals surface area contributed by atoms with Gasteiger partial charge < -0.3 is 31.7 Å². The molecular weight excluding hydrogens is 322 g/mol. The molecule has 22 heavy (non-hydrogen) atoms. The van der Waals surface area contributed by atoms with E-state index in [0.29, 0.717) is 17.9 Å². The van der Waals surface area contributed by atoms with E-state index in [1.54, 1.807) is 0 Å². The van der Waals surface area contributed by atoms with Crippen molar-refractivity contribution in [2.45, 2.75) is 58.3 Å². The number of fused-ring (bicyclic) bond motifs is 1. The minimum atomic E-state index is -1.91. The molecule has 0 amide bonds. The molecule has 0 heterocycles. The molecule has 0 N–H and O–H groups in total. The summed E-state index contributed by atoms with van der Waals surface area (Å²) in [6, 6.07) is 0. The SMILES string of the molecule is CC(C)(C)[N-][Si](C)(C)O[C@@H]1CCC2C=CC=CC21.[CH3-].[CH3-].[CH3-].[Ti+4]. The minimum absolute atomic E-state index is 0. The van der Waals surface area contributed by atoms with Crippen molar-refractivity contribution < 1.29 is 26.1 Å². The van der Waals surface area contributed by atoms with Crippen LogP contribution in [0.15, 0.2) is 24.3 Å². The molecule has 0 bridgehead atoms. The monoisotopic (exact) mass is 357 g/mol. The van der Waals surface area contributed by atoms with E-state index in [1.807, 2.05) is 0 Å². The maximum atomic E-state index is 6.43. The molecule has 0 aromatic heterocycles. The third-order valence-electron chi connectivity index (χ3n) is 3.56. The Kier molecular flexibility index (Phi) is 12.7. The van der Waals surface area contributed by atoms with E-state index in [4.69, 9.17) is 9.41 Å². The fourth-order valence-corrected chi connectivity index (χ4v) is 5.93. The zero-order valence-corrected chi connectivity index (χ0v) is 18.4. The van der Waals surface area contributed by atoms with E-state index in [1.165, 1.54) is 12.8 Å². The van der Waals surface area contributed by atoms with Gasteiger partial charge in [-0.3, -0.25) is 0 Å². The summed E-state index contributed by atoms with van der Waals surface area (Å²) in [6.07, 6.45) is 11.8. The molecule has 2 rings (SSSR count). The van der Waals surface area contributed by atoms with Gasteiger partial charge in [-0.2, -0.15) is 0 Å². The van der Waals surface area contributed by atoms with Gasteiger partial charge in [0, 0.05) is 12.0 Å². The van der Waals surface area contributed by atoms with Gasteiger partial charge in [0.15, 0.2) is 0 Å². The van der Waals surface area contributed by atoms with Crippen LogP contribution in [0, 0.1) is 34.1 Å². The van der Waals surface area contributed by atoms with Crippen LogP contribution in [0.1, 0.15) is 33.6 Å².